The molecule has 0 aliphatic rings. The Hall–Kier alpha value is -3.42. The lowest BCUT2D eigenvalue weighted by Gasteiger charge is -2.14. The second kappa shape index (κ2) is 8.14. The van der Waals surface area contributed by atoms with Gasteiger partial charge in [0.2, 0.25) is 0 Å². The quantitative estimate of drug-likeness (QED) is 0.479. The summed E-state index contributed by atoms with van der Waals surface area (Å²) in [5.74, 6) is -2.86. The van der Waals surface area contributed by atoms with E-state index >= 15 is 0 Å². The Balaban J connectivity index is 1.78. The number of nitrogens with one attached hydrogen (secondary N) is 1. The Morgan fingerprint density at radius 1 is 0.933 bits per heavy atom. The van der Waals surface area contributed by atoms with Gasteiger partial charge in [-0.2, -0.15) is 13.2 Å². The average molecular weight is 421 g/mol. The Morgan fingerprint density at radius 3 is 2.20 bits per heavy atom. The first-order chi connectivity index (χ1) is 14.0. The van der Waals surface area contributed by atoms with E-state index in [0.717, 1.165) is 12.1 Å². The zero-order chi connectivity index (χ0) is 22.1. The summed E-state index contributed by atoms with van der Waals surface area (Å²) in [6, 6.07) is 10.5. The number of hydrogen-bond donors (Lipinski definition) is 1. The summed E-state index contributed by atoms with van der Waals surface area (Å²) >= 11 is 0. The monoisotopic (exact) mass is 421 g/mol. The Bertz CT molecular complexity index is 1070. The van der Waals surface area contributed by atoms with Gasteiger partial charge in [0.1, 0.15) is 28.7 Å². The standard InChI is InChI=1S/C22H16F5NO2/c1-12-9-13(2)20(18(24)10-12)21(29)28-15-4-6-16(7-5-15)30-19-8-3-14(23)11-17(19)22(25,26)27/h3-11H,1-2H3,(H,28,29). The molecule has 1 N–H and O–H groups in total. The smallest absolute Gasteiger partial charge is 0.420 e. The molecule has 1 amide bonds. The summed E-state index contributed by atoms with van der Waals surface area (Å²) in [5, 5.41) is 2.53. The Morgan fingerprint density at radius 2 is 1.60 bits per heavy atom. The predicted octanol–water partition coefficient (Wildman–Crippen LogP) is 6.65. The van der Waals surface area contributed by atoms with Crippen molar-refractivity contribution in [2.45, 2.75) is 20.0 Å². The van der Waals surface area contributed by atoms with E-state index in [2.05, 4.69) is 5.32 Å². The molecular formula is C22H16F5NO2. The van der Waals surface area contributed by atoms with E-state index < -0.39 is 35.0 Å². The van der Waals surface area contributed by atoms with E-state index in [4.69, 9.17) is 4.74 Å². The summed E-state index contributed by atoms with van der Waals surface area (Å²) in [6.07, 6.45) is -4.79. The van der Waals surface area contributed by atoms with Crippen LogP contribution in [0.5, 0.6) is 11.5 Å². The molecule has 3 nitrogen and oxygen atoms in total. The molecule has 0 fully saturated rings. The molecular weight excluding hydrogens is 405 g/mol. The van der Waals surface area contributed by atoms with Gasteiger partial charge in [-0.05, 0) is 73.5 Å². The molecule has 0 saturated carbocycles. The first kappa shape index (κ1) is 21.3. The molecule has 0 unspecified atom stereocenters. The lowest BCUT2D eigenvalue weighted by Crippen LogP contribution is -2.15. The minimum atomic E-state index is -4.79. The number of aryl methyl sites for hydroxylation is 2. The Labute approximate surface area is 169 Å². The molecule has 156 valence electrons. The van der Waals surface area contributed by atoms with Gasteiger partial charge in [0, 0.05) is 5.69 Å². The fourth-order valence-corrected chi connectivity index (χ4v) is 2.94. The zero-order valence-electron chi connectivity index (χ0n) is 15.9. The van der Waals surface area contributed by atoms with Crippen molar-refractivity contribution in [3.05, 3.63) is 88.5 Å². The molecule has 0 atom stereocenters. The largest absolute Gasteiger partial charge is 0.457 e. The third-order valence-corrected chi connectivity index (χ3v) is 4.25. The maximum absolute atomic E-state index is 14.1. The van der Waals surface area contributed by atoms with Gasteiger partial charge in [-0.3, -0.25) is 4.79 Å². The van der Waals surface area contributed by atoms with Crippen LogP contribution in [0.25, 0.3) is 0 Å². The number of carbonyl (C=O) groups excluding carboxylic acids is 1. The van der Waals surface area contributed by atoms with Gasteiger partial charge in [0.25, 0.3) is 5.91 Å². The number of carbonyl (C=O) groups is 1. The molecule has 8 heteroatoms. The number of rotatable bonds is 4. The van der Waals surface area contributed by atoms with Crippen molar-refractivity contribution < 1.29 is 31.5 Å². The SMILES string of the molecule is Cc1cc(C)c(C(=O)Nc2ccc(Oc3ccc(F)cc3C(F)(F)F)cc2)c(F)c1. The lowest BCUT2D eigenvalue weighted by atomic mass is 10.0. The molecule has 0 aliphatic carbocycles. The number of amides is 1. The summed E-state index contributed by atoms with van der Waals surface area (Å²) < 4.78 is 71.7. The number of alkyl halides is 3. The second-order valence-corrected chi connectivity index (χ2v) is 6.66. The average Bonchev–Trinajstić information content (AvgIpc) is 2.63. The molecule has 0 aliphatic heterocycles. The van der Waals surface area contributed by atoms with Crippen LogP contribution >= 0.6 is 0 Å². The Kier molecular flexibility index (Phi) is 5.78. The molecule has 3 aromatic carbocycles. The highest BCUT2D eigenvalue weighted by molar-refractivity contribution is 6.05. The maximum atomic E-state index is 14.1. The molecule has 0 spiro atoms. The van der Waals surface area contributed by atoms with Gasteiger partial charge in [0.05, 0.1) is 5.56 Å². The molecule has 3 aromatic rings. The highest BCUT2D eigenvalue weighted by Crippen LogP contribution is 2.38. The predicted molar refractivity (Wildman–Crippen MR) is 102 cm³/mol. The summed E-state index contributed by atoms with van der Waals surface area (Å²) in [7, 11) is 0. The van der Waals surface area contributed by atoms with Crippen molar-refractivity contribution in [2.75, 3.05) is 5.32 Å². The van der Waals surface area contributed by atoms with E-state index in [1.165, 1.54) is 30.3 Å². The van der Waals surface area contributed by atoms with Crippen LogP contribution in [0.3, 0.4) is 0 Å². The molecule has 0 saturated heterocycles. The molecule has 0 radical (unpaired) electrons. The van der Waals surface area contributed by atoms with Crippen molar-refractivity contribution in [3.8, 4) is 11.5 Å². The number of hydrogen-bond acceptors (Lipinski definition) is 2. The first-order valence-corrected chi connectivity index (χ1v) is 8.77. The zero-order valence-corrected chi connectivity index (χ0v) is 15.9. The third-order valence-electron chi connectivity index (χ3n) is 4.25. The molecule has 0 aromatic heterocycles. The number of ether oxygens (including phenoxy) is 1. The van der Waals surface area contributed by atoms with Crippen molar-refractivity contribution in [3.63, 3.8) is 0 Å². The van der Waals surface area contributed by atoms with E-state index in [0.29, 0.717) is 22.9 Å². The van der Waals surface area contributed by atoms with E-state index in [1.54, 1.807) is 19.9 Å². The van der Waals surface area contributed by atoms with Crippen LogP contribution in [0.15, 0.2) is 54.6 Å². The molecule has 30 heavy (non-hydrogen) atoms. The third kappa shape index (κ3) is 4.76. The maximum Gasteiger partial charge on any atom is 0.420 e. The lowest BCUT2D eigenvalue weighted by molar-refractivity contribution is -0.138. The minimum absolute atomic E-state index is 0.0443. The molecule has 0 bridgehead atoms. The highest BCUT2D eigenvalue weighted by Gasteiger charge is 2.35. The first-order valence-electron chi connectivity index (χ1n) is 8.77. The van der Waals surface area contributed by atoms with Gasteiger partial charge in [-0.15, -0.1) is 0 Å². The minimum Gasteiger partial charge on any atom is -0.457 e. The van der Waals surface area contributed by atoms with E-state index in [-0.39, 0.29) is 11.3 Å². The van der Waals surface area contributed by atoms with Gasteiger partial charge in [-0.1, -0.05) is 6.07 Å². The fraction of sp³-hybridized carbons (Fsp3) is 0.136. The van der Waals surface area contributed by atoms with Crippen LogP contribution in [-0.2, 0) is 6.18 Å². The van der Waals surface area contributed by atoms with Crippen molar-refractivity contribution in [1.29, 1.82) is 0 Å². The number of anilines is 1. The molecule has 3 rings (SSSR count). The van der Waals surface area contributed by atoms with Crippen LogP contribution in [-0.4, -0.2) is 5.91 Å². The summed E-state index contributed by atoms with van der Waals surface area (Å²) in [6.45, 7) is 3.32. The second-order valence-electron chi connectivity index (χ2n) is 6.66. The summed E-state index contributed by atoms with van der Waals surface area (Å²) in [4.78, 5) is 12.4. The number of halogens is 5. The molecule has 0 heterocycles. The van der Waals surface area contributed by atoms with Crippen molar-refractivity contribution >= 4 is 11.6 Å². The van der Waals surface area contributed by atoms with Gasteiger partial charge < -0.3 is 10.1 Å². The summed E-state index contributed by atoms with van der Waals surface area (Å²) in [5.41, 5.74) is 0.108. The van der Waals surface area contributed by atoms with Gasteiger partial charge in [0.15, 0.2) is 0 Å². The van der Waals surface area contributed by atoms with E-state index in [1.807, 2.05) is 0 Å². The van der Waals surface area contributed by atoms with Crippen LogP contribution in [0.2, 0.25) is 0 Å². The van der Waals surface area contributed by atoms with Gasteiger partial charge in [-0.25, -0.2) is 8.78 Å². The fourth-order valence-electron chi connectivity index (χ4n) is 2.94. The van der Waals surface area contributed by atoms with Crippen LogP contribution in [0.1, 0.15) is 27.0 Å². The topological polar surface area (TPSA) is 38.3 Å². The van der Waals surface area contributed by atoms with Crippen LogP contribution in [0.4, 0.5) is 27.6 Å². The highest BCUT2D eigenvalue weighted by atomic mass is 19.4. The van der Waals surface area contributed by atoms with E-state index in [9.17, 15) is 26.7 Å². The number of benzene rings is 3. The van der Waals surface area contributed by atoms with Crippen molar-refractivity contribution in [1.82, 2.24) is 0 Å². The van der Waals surface area contributed by atoms with Crippen LogP contribution < -0.4 is 10.1 Å². The van der Waals surface area contributed by atoms with Crippen molar-refractivity contribution in [2.24, 2.45) is 0 Å². The normalized spacial score (nSPS) is 11.3. The van der Waals surface area contributed by atoms with Crippen LogP contribution in [0, 0.1) is 25.5 Å². The van der Waals surface area contributed by atoms with Gasteiger partial charge >= 0.3 is 6.18 Å².